The summed E-state index contributed by atoms with van der Waals surface area (Å²) in [6.07, 6.45) is -9.35. The van der Waals surface area contributed by atoms with E-state index in [9.17, 15) is 59.4 Å². The molecule has 0 unspecified atom stereocenters. The van der Waals surface area contributed by atoms with Crippen molar-refractivity contribution in [2.45, 2.75) is 114 Å². The number of nitrogens with two attached hydrogens (primary N) is 1. The van der Waals surface area contributed by atoms with E-state index in [4.69, 9.17) is 10.8 Å². The van der Waals surface area contributed by atoms with Crippen LogP contribution >= 0.6 is 0 Å². The van der Waals surface area contributed by atoms with Gasteiger partial charge < -0.3 is 68.1 Å². The lowest BCUT2D eigenvalue weighted by molar-refractivity contribution is -0.146. The van der Waals surface area contributed by atoms with Crippen LogP contribution in [0.25, 0.3) is 0 Å². The minimum absolute atomic E-state index is 1.01. The van der Waals surface area contributed by atoms with E-state index in [0.29, 0.717) is 0 Å². The molecule has 0 aromatic rings. The first-order valence-corrected chi connectivity index (χ1v) is 13.2. The molecule has 0 radical (unpaired) electrons. The molecule has 43 heavy (non-hydrogen) atoms. The molecule has 5 amide bonds. The number of carboxylic acid groups (broad SMARTS) is 1. The third-order valence-corrected chi connectivity index (χ3v) is 6.12. The molecule has 0 saturated carbocycles. The Labute approximate surface area is 247 Å². The molecule has 19 nitrogen and oxygen atoms in total. The smallest absolute Gasteiger partial charge is 0.328 e. The molecule has 0 aromatic heterocycles. The van der Waals surface area contributed by atoms with Gasteiger partial charge >= 0.3 is 5.97 Å². The van der Waals surface area contributed by atoms with E-state index in [1.807, 2.05) is 5.32 Å². The molecule has 0 bridgehead atoms. The zero-order chi connectivity index (χ0) is 33.9. The second-order valence-corrected chi connectivity index (χ2v) is 10.2. The third-order valence-electron chi connectivity index (χ3n) is 6.12. The summed E-state index contributed by atoms with van der Waals surface area (Å²) in [5.41, 5.74) is 5.52. The molecule has 14 N–H and O–H groups in total. The number of hydrogen-bond donors (Lipinski definition) is 13. The first-order chi connectivity index (χ1) is 19.6. The van der Waals surface area contributed by atoms with Crippen molar-refractivity contribution in [3.05, 3.63) is 0 Å². The van der Waals surface area contributed by atoms with Crippen LogP contribution < -0.4 is 32.3 Å². The van der Waals surface area contributed by atoms with Crippen LogP contribution in [-0.4, -0.2) is 144 Å². The van der Waals surface area contributed by atoms with E-state index in [1.54, 1.807) is 0 Å². The van der Waals surface area contributed by atoms with Gasteiger partial charge in [-0.1, -0.05) is 0 Å². The molecule has 0 aromatic carbocycles. The van der Waals surface area contributed by atoms with E-state index < -0.39 is 108 Å². The molecule has 0 saturated heterocycles. The third kappa shape index (κ3) is 12.4. The summed E-state index contributed by atoms with van der Waals surface area (Å²) >= 11 is 0. The highest BCUT2D eigenvalue weighted by Gasteiger charge is 2.38. The Morgan fingerprint density at radius 2 is 0.628 bits per heavy atom. The summed E-state index contributed by atoms with van der Waals surface area (Å²) in [5.74, 6) is -7.49. The topological polar surface area (TPSA) is 330 Å². The average molecular weight is 625 g/mol. The number of carboxylic acids is 1. The fraction of sp³-hybridized carbons (Fsp3) is 0.750. The van der Waals surface area contributed by atoms with Crippen molar-refractivity contribution in [3.63, 3.8) is 0 Å². The molecule has 0 aliphatic heterocycles. The van der Waals surface area contributed by atoms with Gasteiger partial charge in [-0.15, -0.1) is 0 Å². The Hall–Kier alpha value is -3.46. The number of aliphatic carboxylic acids is 1. The summed E-state index contributed by atoms with van der Waals surface area (Å²) in [5, 5.41) is 78.8. The second-order valence-electron chi connectivity index (χ2n) is 10.2. The monoisotopic (exact) mass is 624 g/mol. The van der Waals surface area contributed by atoms with Gasteiger partial charge in [0.1, 0.15) is 30.2 Å². The molecule has 0 aliphatic rings. The van der Waals surface area contributed by atoms with Gasteiger partial charge in [-0.3, -0.25) is 24.0 Å². The number of aliphatic hydroxyl groups is 6. The standard InChI is InChI=1S/C24H44N6O13/c1-7(31)13(25)19(37)26-14(8(2)32)20(38)27-15(9(3)33)21(39)28-16(10(4)34)22(40)29-17(11(5)35)23(41)30-18(12(6)36)24(42)43/h7-18,31-36H,25H2,1-6H3,(H,26,37)(H,27,38)(H,28,39)(H,29,40)(H,30,41)(H,42,43)/t7-,8-,9-,10-,11-,12-,13+,14+,15+,16+,17+,18+/m1/s1. The van der Waals surface area contributed by atoms with Gasteiger partial charge in [0.25, 0.3) is 0 Å². The zero-order valence-electron chi connectivity index (χ0n) is 24.6. The van der Waals surface area contributed by atoms with Gasteiger partial charge in [0.2, 0.25) is 29.5 Å². The van der Waals surface area contributed by atoms with Crippen LogP contribution in [0.2, 0.25) is 0 Å². The fourth-order valence-corrected chi connectivity index (χ4v) is 3.45. The molecule has 0 aliphatic carbocycles. The van der Waals surface area contributed by atoms with Gasteiger partial charge in [-0.05, 0) is 41.5 Å². The predicted octanol–water partition coefficient (Wildman–Crippen LogP) is -6.89. The first kappa shape index (κ1) is 39.5. The Bertz CT molecular complexity index is 989. The number of aliphatic hydroxyl groups excluding tert-OH is 6. The second kappa shape index (κ2) is 17.6. The molecule has 0 rings (SSSR count). The van der Waals surface area contributed by atoms with Crippen molar-refractivity contribution in [1.82, 2.24) is 26.6 Å². The van der Waals surface area contributed by atoms with Gasteiger partial charge in [0.15, 0.2) is 6.04 Å². The van der Waals surface area contributed by atoms with E-state index >= 15 is 0 Å². The number of amides is 5. The van der Waals surface area contributed by atoms with E-state index in [0.717, 1.165) is 34.6 Å². The van der Waals surface area contributed by atoms with E-state index in [2.05, 4.69) is 21.3 Å². The van der Waals surface area contributed by atoms with Crippen molar-refractivity contribution < 1.29 is 64.5 Å². The Balaban J connectivity index is 5.85. The van der Waals surface area contributed by atoms with Crippen LogP contribution in [0, 0.1) is 0 Å². The van der Waals surface area contributed by atoms with E-state index in [1.165, 1.54) is 6.92 Å². The first-order valence-electron chi connectivity index (χ1n) is 13.2. The SMILES string of the molecule is C[C@@H](O)[C@H](N)C(=O)N[C@H](C(=O)N[C@H](C(=O)N[C@H](C(=O)N[C@H](C(=O)N[C@H](C(=O)O)[C@@H](C)O)[C@@H](C)O)[C@@H](C)O)[C@@H](C)O)[C@@H](C)O. The van der Waals surface area contributed by atoms with Crippen LogP contribution in [0.4, 0.5) is 0 Å². The highest BCUT2D eigenvalue weighted by Crippen LogP contribution is 2.05. The summed E-state index contributed by atoms with van der Waals surface area (Å²) in [4.78, 5) is 74.8. The maximum atomic E-state index is 13.0. The van der Waals surface area contributed by atoms with Crippen LogP contribution in [-0.2, 0) is 28.8 Å². The van der Waals surface area contributed by atoms with Crippen LogP contribution in [0.3, 0.4) is 0 Å². The highest BCUT2D eigenvalue weighted by atomic mass is 16.4. The Morgan fingerprint density at radius 3 is 0.814 bits per heavy atom. The largest absolute Gasteiger partial charge is 0.480 e. The van der Waals surface area contributed by atoms with Crippen LogP contribution in [0.15, 0.2) is 0 Å². The van der Waals surface area contributed by atoms with Crippen molar-refractivity contribution in [2.24, 2.45) is 5.73 Å². The molecular weight excluding hydrogens is 580 g/mol. The maximum absolute atomic E-state index is 13.0. The van der Waals surface area contributed by atoms with Gasteiger partial charge in [-0.2, -0.15) is 0 Å². The summed E-state index contributed by atoms with van der Waals surface area (Å²) < 4.78 is 0. The fourth-order valence-electron chi connectivity index (χ4n) is 3.45. The number of rotatable bonds is 17. The van der Waals surface area contributed by atoms with Crippen LogP contribution in [0.5, 0.6) is 0 Å². The predicted molar refractivity (Wildman–Crippen MR) is 145 cm³/mol. The summed E-state index contributed by atoms with van der Waals surface area (Å²) in [6.45, 7) is 6.63. The normalized spacial score (nSPS) is 19.7. The molecule has 0 spiro atoms. The van der Waals surface area contributed by atoms with E-state index in [-0.39, 0.29) is 0 Å². The van der Waals surface area contributed by atoms with Crippen molar-refractivity contribution in [1.29, 1.82) is 0 Å². The van der Waals surface area contributed by atoms with Gasteiger partial charge in [-0.25, -0.2) is 4.79 Å². The lowest BCUT2D eigenvalue weighted by atomic mass is 10.0. The minimum Gasteiger partial charge on any atom is -0.480 e. The lowest BCUT2D eigenvalue weighted by Gasteiger charge is -2.30. The molecule has 0 heterocycles. The quantitative estimate of drug-likeness (QED) is 0.0715. The van der Waals surface area contributed by atoms with Gasteiger partial charge in [0.05, 0.1) is 36.6 Å². The molecule has 248 valence electrons. The molecular formula is C24H44N6O13. The Kier molecular flexibility index (Phi) is 16.2. The maximum Gasteiger partial charge on any atom is 0.328 e. The molecule has 12 atom stereocenters. The van der Waals surface area contributed by atoms with Crippen molar-refractivity contribution >= 4 is 35.5 Å². The summed E-state index contributed by atoms with van der Waals surface area (Å²) in [6, 6.07) is -10.5. The van der Waals surface area contributed by atoms with Crippen LogP contribution in [0.1, 0.15) is 41.5 Å². The van der Waals surface area contributed by atoms with Gasteiger partial charge in [0, 0.05) is 0 Å². The minimum atomic E-state index is -1.86. The Morgan fingerprint density at radius 1 is 0.419 bits per heavy atom. The van der Waals surface area contributed by atoms with Crippen molar-refractivity contribution in [2.75, 3.05) is 0 Å². The van der Waals surface area contributed by atoms with Crippen molar-refractivity contribution in [3.8, 4) is 0 Å². The number of carbonyl (C=O) groups is 6. The average Bonchev–Trinajstić information content (AvgIpc) is 2.87. The molecule has 19 heteroatoms. The highest BCUT2D eigenvalue weighted by molar-refractivity contribution is 5.97. The number of hydrogen-bond acceptors (Lipinski definition) is 13. The number of nitrogens with one attached hydrogen (secondary N) is 5. The zero-order valence-corrected chi connectivity index (χ0v) is 24.6. The molecule has 0 fully saturated rings. The summed E-state index contributed by atoms with van der Waals surface area (Å²) in [7, 11) is 0. The number of carbonyl (C=O) groups excluding carboxylic acids is 5. The lowest BCUT2D eigenvalue weighted by Crippen LogP contribution is -2.65.